The molecule has 2 N–H and O–H groups in total. The van der Waals surface area contributed by atoms with Crippen molar-refractivity contribution in [2.24, 2.45) is 5.73 Å². The molecule has 0 amide bonds. The average molecular weight is 307 g/mol. The summed E-state index contributed by atoms with van der Waals surface area (Å²) in [5, 5.41) is 4.50. The molecule has 0 saturated carbocycles. The van der Waals surface area contributed by atoms with Crippen molar-refractivity contribution < 1.29 is 4.39 Å². The van der Waals surface area contributed by atoms with Crippen molar-refractivity contribution in [1.82, 2.24) is 19.7 Å². The Morgan fingerprint density at radius 1 is 1.38 bits per heavy atom. The number of halogens is 1. The average Bonchev–Trinajstić information content (AvgIpc) is 2.95. The smallest absolute Gasteiger partial charge is 0.308 e. The van der Waals surface area contributed by atoms with Crippen molar-refractivity contribution in [1.29, 1.82) is 0 Å². The molecular weight excluding hydrogens is 289 g/mol. The van der Waals surface area contributed by atoms with Crippen LogP contribution in [0.4, 0.5) is 4.39 Å². The Labute approximate surface area is 127 Å². The maximum absolute atomic E-state index is 12.7. The highest BCUT2D eigenvalue weighted by molar-refractivity contribution is 8.02. The summed E-state index contributed by atoms with van der Waals surface area (Å²) in [5.41, 5.74) is 8.42. The molecule has 112 valence electrons. The Morgan fingerprint density at radius 3 is 2.67 bits per heavy atom. The van der Waals surface area contributed by atoms with Gasteiger partial charge in [0.15, 0.2) is 0 Å². The predicted octanol–water partition coefficient (Wildman–Crippen LogP) is 2.98. The number of thioether (sulfide) groups is 1. The normalized spacial score (nSPS) is 18.9. The second-order valence-corrected chi connectivity index (χ2v) is 5.31. The summed E-state index contributed by atoms with van der Waals surface area (Å²) in [7, 11) is 0. The van der Waals surface area contributed by atoms with E-state index in [2.05, 4.69) is 22.0 Å². The van der Waals surface area contributed by atoms with Gasteiger partial charge in [0, 0.05) is 34.5 Å². The number of nitrogens with two attached hydrogens (primary N) is 1. The van der Waals surface area contributed by atoms with Gasteiger partial charge in [-0.15, -0.1) is 11.8 Å². The monoisotopic (exact) mass is 307 g/mol. The minimum Gasteiger partial charge on any atom is -0.404 e. The molecule has 1 aliphatic heterocycles. The summed E-state index contributed by atoms with van der Waals surface area (Å²) >= 11 is 1.69. The topological polar surface area (TPSA) is 69.6 Å². The van der Waals surface area contributed by atoms with Crippen LogP contribution in [0.3, 0.4) is 0 Å². The third-order valence-corrected chi connectivity index (χ3v) is 4.37. The molecule has 0 spiro atoms. The molecule has 0 bridgehead atoms. The molecule has 0 aromatic carbocycles. The maximum atomic E-state index is 12.7. The Morgan fingerprint density at radius 2 is 2.05 bits per heavy atom. The SMILES string of the molecule is CC.CC1/C(=C\N)SCc2nn(-c3cnc(F)nc3)cc21. The Hall–Kier alpha value is -1.89. The van der Waals surface area contributed by atoms with Crippen LogP contribution in [0, 0.1) is 6.08 Å². The van der Waals surface area contributed by atoms with Crippen LogP contribution < -0.4 is 5.73 Å². The van der Waals surface area contributed by atoms with Gasteiger partial charge in [-0.2, -0.15) is 9.49 Å². The number of rotatable bonds is 1. The van der Waals surface area contributed by atoms with E-state index in [1.165, 1.54) is 12.4 Å². The van der Waals surface area contributed by atoms with Crippen molar-refractivity contribution in [2.75, 3.05) is 0 Å². The molecule has 0 radical (unpaired) electrons. The highest BCUT2D eigenvalue weighted by Gasteiger charge is 2.24. The minimum absolute atomic E-state index is 0.230. The van der Waals surface area contributed by atoms with Gasteiger partial charge in [0.25, 0.3) is 0 Å². The second kappa shape index (κ2) is 6.71. The molecule has 0 aliphatic carbocycles. The van der Waals surface area contributed by atoms with Gasteiger partial charge in [0.1, 0.15) is 5.69 Å². The lowest BCUT2D eigenvalue weighted by Gasteiger charge is -2.19. The molecule has 2 aromatic heterocycles. The lowest BCUT2D eigenvalue weighted by molar-refractivity contribution is 0.536. The van der Waals surface area contributed by atoms with E-state index < -0.39 is 6.08 Å². The van der Waals surface area contributed by atoms with Gasteiger partial charge in [-0.25, -0.2) is 14.6 Å². The molecule has 21 heavy (non-hydrogen) atoms. The Bertz CT molecular complexity index is 635. The molecule has 2 aromatic rings. The molecule has 0 saturated heterocycles. The summed E-state index contributed by atoms with van der Waals surface area (Å²) in [6.45, 7) is 6.09. The van der Waals surface area contributed by atoms with E-state index in [-0.39, 0.29) is 5.92 Å². The summed E-state index contributed by atoms with van der Waals surface area (Å²) in [6, 6.07) is 0. The molecule has 3 rings (SSSR count). The second-order valence-electron chi connectivity index (χ2n) is 4.27. The number of hydrogen-bond acceptors (Lipinski definition) is 5. The lowest BCUT2D eigenvalue weighted by Crippen LogP contribution is -2.05. The first-order chi connectivity index (χ1) is 10.2. The van der Waals surface area contributed by atoms with Crippen LogP contribution >= 0.6 is 11.8 Å². The summed E-state index contributed by atoms with van der Waals surface area (Å²) in [4.78, 5) is 8.21. The third-order valence-electron chi connectivity index (χ3n) is 3.13. The van der Waals surface area contributed by atoms with Crippen molar-refractivity contribution in [3.05, 3.63) is 47.0 Å². The van der Waals surface area contributed by atoms with Gasteiger partial charge in [-0.05, 0) is 0 Å². The number of hydrogen-bond donors (Lipinski definition) is 1. The molecular formula is C14H18FN5S. The maximum Gasteiger partial charge on any atom is 0.308 e. The molecule has 5 nitrogen and oxygen atoms in total. The summed E-state index contributed by atoms with van der Waals surface area (Å²) in [5.74, 6) is 1.02. The molecule has 1 atom stereocenters. The van der Waals surface area contributed by atoms with E-state index in [1.54, 1.807) is 22.6 Å². The highest BCUT2D eigenvalue weighted by atomic mass is 32.2. The molecule has 3 heterocycles. The quantitative estimate of drug-likeness (QED) is 0.820. The molecule has 7 heteroatoms. The van der Waals surface area contributed by atoms with E-state index in [0.29, 0.717) is 5.69 Å². The van der Waals surface area contributed by atoms with Crippen LogP contribution in [0.25, 0.3) is 5.69 Å². The predicted molar refractivity (Wildman–Crippen MR) is 82.4 cm³/mol. The molecule has 0 fully saturated rings. The van der Waals surface area contributed by atoms with Gasteiger partial charge in [-0.1, -0.05) is 20.8 Å². The Balaban J connectivity index is 0.000000774. The molecule has 1 aliphatic rings. The Kier molecular flexibility index (Phi) is 4.95. The van der Waals surface area contributed by atoms with Gasteiger partial charge in [0.05, 0.1) is 18.1 Å². The van der Waals surface area contributed by atoms with Crippen LogP contribution in [0.5, 0.6) is 0 Å². The third kappa shape index (κ3) is 3.07. The number of allylic oxidation sites excluding steroid dienone is 1. The zero-order valence-electron chi connectivity index (χ0n) is 12.2. The lowest BCUT2D eigenvalue weighted by atomic mass is 10.0. The van der Waals surface area contributed by atoms with Crippen molar-refractivity contribution >= 4 is 11.8 Å². The van der Waals surface area contributed by atoms with E-state index in [9.17, 15) is 4.39 Å². The van der Waals surface area contributed by atoms with Gasteiger partial charge in [-0.3, -0.25) is 0 Å². The first-order valence-electron chi connectivity index (χ1n) is 6.80. The fraction of sp³-hybridized carbons (Fsp3) is 0.357. The minimum atomic E-state index is -0.738. The zero-order valence-corrected chi connectivity index (χ0v) is 13.1. The van der Waals surface area contributed by atoms with Gasteiger partial charge in [0.2, 0.25) is 0 Å². The fourth-order valence-electron chi connectivity index (χ4n) is 2.08. The van der Waals surface area contributed by atoms with Crippen molar-refractivity contribution in [3.8, 4) is 5.69 Å². The fourth-order valence-corrected chi connectivity index (χ4v) is 3.08. The summed E-state index contributed by atoms with van der Waals surface area (Å²) < 4.78 is 14.4. The van der Waals surface area contributed by atoms with Crippen molar-refractivity contribution in [2.45, 2.75) is 32.4 Å². The molecule has 1 unspecified atom stereocenters. The van der Waals surface area contributed by atoms with Gasteiger partial charge >= 0.3 is 6.08 Å². The zero-order chi connectivity index (χ0) is 15.4. The first-order valence-corrected chi connectivity index (χ1v) is 7.78. The number of aromatic nitrogens is 4. The first kappa shape index (κ1) is 15.5. The van der Waals surface area contributed by atoms with Crippen LogP contribution in [0.15, 0.2) is 29.7 Å². The van der Waals surface area contributed by atoms with E-state index in [0.717, 1.165) is 21.9 Å². The number of nitrogens with zero attached hydrogens (tertiary/aromatic N) is 4. The van der Waals surface area contributed by atoms with Crippen LogP contribution in [-0.2, 0) is 5.75 Å². The van der Waals surface area contributed by atoms with E-state index in [1.807, 2.05) is 20.0 Å². The van der Waals surface area contributed by atoms with Crippen LogP contribution in [0.1, 0.15) is 37.9 Å². The largest absolute Gasteiger partial charge is 0.404 e. The number of fused-ring (bicyclic) bond motifs is 1. The van der Waals surface area contributed by atoms with E-state index >= 15 is 0 Å². The highest BCUT2D eigenvalue weighted by Crippen LogP contribution is 2.41. The van der Waals surface area contributed by atoms with Crippen molar-refractivity contribution in [3.63, 3.8) is 0 Å². The standard InChI is InChI=1S/C12H12FN5S.C2H6/c1-7-9-5-18(8-3-15-12(13)16-4-8)17-10(9)6-19-11(7)2-14;1-2/h2-5,7H,6,14H2,1H3;1-2H3/b11-2+;. The van der Waals surface area contributed by atoms with E-state index in [4.69, 9.17) is 5.73 Å². The van der Waals surface area contributed by atoms with Crippen LogP contribution in [0.2, 0.25) is 0 Å². The van der Waals surface area contributed by atoms with Crippen LogP contribution in [-0.4, -0.2) is 19.7 Å². The summed E-state index contributed by atoms with van der Waals surface area (Å²) in [6.07, 6.45) is 5.67. The van der Waals surface area contributed by atoms with Gasteiger partial charge < -0.3 is 5.73 Å².